The highest BCUT2D eigenvalue weighted by Gasteiger charge is 2.31. The summed E-state index contributed by atoms with van der Waals surface area (Å²) < 4.78 is 33.9. The summed E-state index contributed by atoms with van der Waals surface area (Å²) in [5.41, 5.74) is 1.46. The average Bonchev–Trinajstić information content (AvgIpc) is 2.96. The van der Waals surface area contributed by atoms with E-state index in [-0.39, 0.29) is 27.0 Å². The van der Waals surface area contributed by atoms with Gasteiger partial charge < -0.3 is 10.1 Å². The first-order valence-corrected chi connectivity index (χ1v) is 15.1. The zero-order valence-electron chi connectivity index (χ0n) is 22.1. The van der Waals surface area contributed by atoms with Crippen LogP contribution in [0.5, 0.6) is 5.75 Å². The van der Waals surface area contributed by atoms with Gasteiger partial charge in [-0.25, -0.2) is 8.42 Å². The third kappa shape index (κ3) is 7.37. The van der Waals surface area contributed by atoms with Gasteiger partial charge in [-0.3, -0.25) is 19.2 Å². The van der Waals surface area contributed by atoms with E-state index in [2.05, 4.69) is 5.32 Å². The fourth-order valence-corrected chi connectivity index (χ4v) is 6.42. The highest BCUT2D eigenvalue weighted by Crippen LogP contribution is 2.36. The molecule has 1 amide bonds. The van der Waals surface area contributed by atoms with E-state index in [1.165, 1.54) is 44.4 Å². The number of halogens is 1. The molecule has 0 aliphatic carbocycles. The Bertz CT molecular complexity index is 1670. The van der Waals surface area contributed by atoms with Gasteiger partial charge in [0.05, 0.1) is 22.6 Å². The Morgan fingerprint density at radius 3 is 2.39 bits per heavy atom. The topological polar surface area (TPSA) is 119 Å². The summed E-state index contributed by atoms with van der Waals surface area (Å²) in [6.07, 6.45) is 0. The average molecular weight is 612 g/mol. The Hall–Kier alpha value is -4.06. The number of nitro groups is 1. The smallest absolute Gasteiger partial charge is 0.273 e. The number of ether oxygens (including phenoxy) is 1. The molecule has 4 rings (SSSR count). The van der Waals surface area contributed by atoms with Gasteiger partial charge in [-0.05, 0) is 61.0 Å². The van der Waals surface area contributed by atoms with E-state index in [9.17, 15) is 23.3 Å². The lowest BCUT2D eigenvalue weighted by Crippen LogP contribution is -2.38. The van der Waals surface area contributed by atoms with Crippen molar-refractivity contribution < 1.29 is 22.9 Å². The van der Waals surface area contributed by atoms with Gasteiger partial charge in [0.15, 0.2) is 0 Å². The molecular formula is C29H26ClN3O6S2. The molecule has 4 aromatic carbocycles. The fourth-order valence-electron chi connectivity index (χ4n) is 3.93. The van der Waals surface area contributed by atoms with Crippen molar-refractivity contribution in [2.45, 2.75) is 22.5 Å². The van der Waals surface area contributed by atoms with E-state index in [1.54, 1.807) is 23.9 Å². The molecule has 0 bridgehead atoms. The molecule has 212 valence electrons. The van der Waals surface area contributed by atoms with Crippen LogP contribution in [-0.2, 0) is 20.6 Å². The second-order valence-corrected chi connectivity index (χ2v) is 12.2. The maximum Gasteiger partial charge on any atom is 0.273 e. The van der Waals surface area contributed by atoms with Crippen molar-refractivity contribution in [3.05, 3.63) is 117 Å². The van der Waals surface area contributed by atoms with Crippen LogP contribution in [0.25, 0.3) is 0 Å². The largest absolute Gasteiger partial charge is 0.495 e. The molecular weight excluding hydrogens is 586 g/mol. The first-order valence-electron chi connectivity index (χ1n) is 12.3. The summed E-state index contributed by atoms with van der Waals surface area (Å²) in [6.45, 7) is 0.859. The minimum Gasteiger partial charge on any atom is -0.495 e. The van der Waals surface area contributed by atoms with Crippen LogP contribution in [0.15, 0.2) is 101 Å². The van der Waals surface area contributed by atoms with Gasteiger partial charge in [0.2, 0.25) is 5.91 Å². The van der Waals surface area contributed by atoms with Crippen LogP contribution in [0.1, 0.15) is 11.1 Å². The molecule has 0 radical (unpaired) electrons. The molecule has 0 aliphatic rings. The summed E-state index contributed by atoms with van der Waals surface area (Å²) in [6, 6.07) is 25.1. The van der Waals surface area contributed by atoms with E-state index < -0.39 is 27.4 Å². The van der Waals surface area contributed by atoms with Gasteiger partial charge in [-0.2, -0.15) is 0 Å². The summed E-state index contributed by atoms with van der Waals surface area (Å²) in [4.78, 5) is 24.8. The number of thioether (sulfide) groups is 1. The Balaban J connectivity index is 1.59. The molecule has 1 N–H and O–H groups in total. The Morgan fingerprint density at radius 2 is 1.73 bits per heavy atom. The van der Waals surface area contributed by atoms with Crippen LogP contribution in [-0.4, -0.2) is 32.9 Å². The Labute approximate surface area is 247 Å². The van der Waals surface area contributed by atoms with Crippen LogP contribution in [0.4, 0.5) is 17.1 Å². The number of nitro benzene ring substituents is 1. The number of hydrogen-bond donors (Lipinski definition) is 1. The van der Waals surface area contributed by atoms with Crippen molar-refractivity contribution in [1.82, 2.24) is 0 Å². The summed E-state index contributed by atoms with van der Waals surface area (Å²) in [5, 5.41) is 14.4. The first-order chi connectivity index (χ1) is 19.6. The molecule has 9 nitrogen and oxygen atoms in total. The van der Waals surface area contributed by atoms with Gasteiger partial charge in [0, 0.05) is 33.0 Å². The Kier molecular flexibility index (Phi) is 9.53. The predicted octanol–water partition coefficient (Wildman–Crippen LogP) is 6.69. The maximum atomic E-state index is 13.8. The highest BCUT2D eigenvalue weighted by molar-refractivity contribution is 7.98. The van der Waals surface area contributed by atoms with Crippen LogP contribution in [0.2, 0.25) is 5.02 Å². The van der Waals surface area contributed by atoms with Gasteiger partial charge in [0.1, 0.15) is 12.3 Å². The van der Waals surface area contributed by atoms with E-state index in [1.807, 2.05) is 42.5 Å². The molecule has 0 unspecified atom stereocenters. The molecule has 12 heteroatoms. The highest BCUT2D eigenvalue weighted by atomic mass is 35.5. The number of benzene rings is 4. The lowest BCUT2D eigenvalue weighted by atomic mass is 10.2. The minimum absolute atomic E-state index is 0.00617. The lowest BCUT2D eigenvalue weighted by molar-refractivity contribution is -0.385. The van der Waals surface area contributed by atoms with Crippen LogP contribution >= 0.6 is 23.4 Å². The number of anilines is 2. The van der Waals surface area contributed by atoms with E-state index in [0.29, 0.717) is 11.3 Å². The molecule has 0 aliphatic heterocycles. The molecule has 0 saturated carbocycles. The number of methoxy groups -OCH3 is 1. The van der Waals surface area contributed by atoms with E-state index in [0.717, 1.165) is 26.6 Å². The van der Waals surface area contributed by atoms with Gasteiger partial charge in [0.25, 0.3) is 15.7 Å². The van der Waals surface area contributed by atoms with Crippen molar-refractivity contribution in [3.63, 3.8) is 0 Å². The number of nitrogens with zero attached hydrogens (tertiary/aromatic N) is 2. The van der Waals surface area contributed by atoms with E-state index >= 15 is 0 Å². The number of carbonyl (C=O) groups excluding carboxylic acids is 1. The summed E-state index contributed by atoms with van der Waals surface area (Å²) in [5.74, 6) is 0.248. The second-order valence-electron chi connectivity index (χ2n) is 8.88. The number of aryl methyl sites for hydroxylation is 1. The lowest BCUT2D eigenvalue weighted by Gasteiger charge is -2.26. The monoisotopic (exact) mass is 611 g/mol. The van der Waals surface area contributed by atoms with E-state index in [4.69, 9.17) is 16.3 Å². The summed E-state index contributed by atoms with van der Waals surface area (Å²) >= 11 is 7.86. The molecule has 0 saturated heterocycles. The van der Waals surface area contributed by atoms with Gasteiger partial charge in [-0.15, -0.1) is 11.8 Å². The molecule has 0 aromatic heterocycles. The standard InChI is InChI=1S/C29H26ClN3O6S2/c1-20-8-14-25(17-26(20)33(35)36)41(37,38)32(27-16-22(30)11-15-28(27)39-2)18-29(34)31-23-12-9-21(10-13-23)19-40-24-6-4-3-5-7-24/h3-17H,18-19H2,1-2H3,(H,31,34). The van der Waals surface area contributed by atoms with Crippen molar-refractivity contribution >= 4 is 56.4 Å². The van der Waals surface area contributed by atoms with Crippen molar-refractivity contribution in [2.24, 2.45) is 0 Å². The third-order valence-corrected chi connectivity index (χ3v) is 9.12. The number of hydrogen-bond acceptors (Lipinski definition) is 7. The normalized spacial score (nSPS) is 11.1. The number of sulfonamides is 1. The Morgan fingerprint density at radius 1 is 1.02 bits per heavy atom. The molecule has 0 heterocycles. The molecule has 0 atom stereocenters. The van der Waals surface area contributed by atoms with Gasteiger partial charge in [-0.1, -0.05) is 48.0 Å². The zero-order chi connectivity index (χ0) is 29.6. The number of carbonyl (C=O) groups is 1. The number of amides is 1. The molecule has 41 heavy (non-hydrogen) atoms. The van der Waals surface area contributed by atoms with Gasteiger partial charge >= 0.3 is 0 Å². The predicted molar refractivity (Wildman–Crippen MR) is 161 cm³/mol. The van der Waals surface area contributed by atoms with Crippen LogP contribution < -0.4 is 14.4 Å². The maximum absolute atomic E-state index is 13.8. The SMILES string of the molecule is COc1ccc(Cl)cc1N(CC(=O)Nc1ccc(CSc2ccccc2)cc1)S(=O)(=O)c1ccc(C)c([N+](=O)[O-])c1. The molecule has 4 aromatic rings. The zero-order valence-corrected chi connectivity index (χ0v) is 24.5. The minimum atomic E-state index is -4.48. The van der Waals surface area contributed by atoms with Crippen LogP contribution in [0.3, 0.4) is 0 Å². The summed E-state index contributed by atoms with van der Waals surface area (Å²) in [7, 11) is -3.12. The third-order valence-electron chi connectivity index (χ3n) is 6.05. The molecule has 0 spiro atoms. The van der Waals surface area contributed by atoms with Crippen molar-refractivity contribution in [1.29, 1.82) is 0 Å². The number of rotatable bonds is 11. The fraction of sp³-hybridized carbons (Fsp3) is 0.138. The molecule has 0 fully saturated rings. The van der Waals surface area contributed by atoms with Crippen LogP contribution in [0, 0.1) is 17.0 Å². The first kappa shape index (κ1) is 29.9. The van der Waals surface area contributed by atoms with Crippen molar-refractivity contribution in [3.8, 4) is 5.75 Å². The van der Waals surface area contributed by atoms with Crippen molar-refractivity contribution in [2.75, 3.05) is 23.3 Å². The second kappa shape index (κ2) is 13.1. The number of nitrogens with one attached hydrogen (secondary N) is 1. The quantitative estimate of drug-likeness (QED) is 0.114.